The van der Waals surface area contributed by atoms with Gasteiger partial charge in [-0.05, 0) is 5.92 Å². The summed E-state index contributed by atoms with van der Waals surface area (Å²) in [6.07, 6.45) is 0.639. The van der Waals surface area contributed by atoms with E-state index < -0.39 is 0 Å². The van der Waals surface area contributed by atoms with Crippen LogP contribution in [-0.2, 0) is 4.79 Å². The van der Waals surface area contributed by atoms with E-state index in [1.54, 1.807) is 0 Å². The van der Waals surface area contributed by atoms with Crippen LogP contribution in [0.5, 0.6) is 0 Å². The minimum absolute atomic E-state index is 0.287. The third-order valence-corrected chi connectivity index (χ3v) is 1.30. The van der Waals surface area contributed by atoms with E-state index in [9.17, 15) is 4.79 Å². The minimum Gasteiger partial charge on any atom is -0.339 e. The lowest BCUT2D eigenvalue weighted by Crippen LogP contribution is -2.11. The van der Waals surface area contributed by atoms with Gasteiger partial charge in [-0.15, -0.1) is 0 Å². The number of hydrogen-bond donors (Lipinski definition) is 0. The van der Waals surface area contributed by atoms with E-state index in [1.807, 2.05) is 18.7 Å². The first-order valence-corrected chi connectivity index (χ1v) is 3.27. The fraction of sp³-hybridized carbons (Fsp3) is 0.714. The normalized spacial score (nSPS) is 16.6. The van der Waals surface area contributed by atoms with Gasteiger partial charge in [0, 0.05) is 19.5 Å². The first kappa shape index (κ1) is 6.59. The lowest BCUT2D eigenvalue weighted by Gasteiger charge is -2.02. The largest absolute Gasteiger partial charge is 0.339 e. The van der Waals surface area contributed by atoms with Gasteiger partial charge in [-0.3, -0.25) is 4.79 Å². The van der Waals surface area contributed by atoms with E-state index in [1.165, 1.54) is 5.92 Å². The molecular weight excluding hydrogens is 114 g/mol. The zero-order chi connectivity index (χ0) is 6.85. The molecule has 51 valence electrons. The molecule has 0 spiro atoms. The monoisotopic (exact) mass is 126 g/mol. The van der Waals surface area contributed by atoms with Crippen molar-refractivity contribution < 1.29 is 4.79 Å². The van der Waals surface area contributed by atoms with Crippen molar-refractivity contribution in [2.24, 2.45) is 0 Å². The van der Waals surface area contributed by atoms with Crippen LogP contribution < -0.4 is 0 Å². The summed E-state index contributed by atoms with van der Waals surface area (Å²) < 4.78 is 0. The smallest absolute Gasteiger partial charge is 0.223 e. The highest BCUT2D eigenvalue weighted by Crippen LogP contribution is 2.11. The van der Waals surface area contributed by atoms with Crippen LogP contribution in [-0.4, -0.2) is 23.9 Å². The molecule has 0 aromatic rings. The number of carbonyl (C=O) groups is 1. The molecule has 0 aromatic heterocycles. The Labute approximate surface area is 55.8 Å². The van der Waals surface area contributed by atoms with E-state index in [2.05, 4.69) is 0 Å². The minimum atomic E-state index is 0.287. The summed E-state index contributed by atoms with van der Waals surface area (Å²) in [6, 6.07) is 0. The fourth-order valence-electron chi connectivity index (χ4n) is 0.714. The van der Waals surface area contributed by atoms with Crippen molar-refractivity contribution in [2.75, 3.05) is 13.1 Å². The van der Waals surface area contributed by atoms with E-state index in [0.29, 0.717) is 6.42 Å². The Balaban J connectivity index is 2.18. The van der Waals surface area contributed by atoms with Gasteiger partial charge in [0.25, 0.3) is 0 Å². The number of carbonyl (C=O) groups excluding carboxylic acids is 1. The predicted octanol–water partition coefficient (Wildman–Crippen LogP) is 0.833. The average Bonchev–Trinajstić information content (AvgIpc) is 2.40. The standard InChI is InChI=1S/C7H12NO/c1-6(2)5-7(9)8-3-4-8/h3-5H2,1-2H3. The summed E-state index contributed by atoms with van der Waals surface area (Å²) in [4.78, 5) is 12.8. The Morgan fingerprint density at radius 1 is 1.44 bits per heavy atom. The molecule has 9 heavy (non-hydrogen) atoms. The molecule has 0 saturated carbocycles. The lowest BCUT2D eigenvalue weighted by atomic mass is 10.1. The van der Waals surface area contributed by atoms with Gasteiger partial charge in [0.05, 0.1) is 0 Å². The summed E-state index contributed by atoms with van der Waals surface area (Å²) in [5.41, 5.74) is 0. The molecule has 0 unspecified atom stereocenters. The summed E-state index contributed by atoms with van der Waals surface area (Å²) >= 11 is 0. The van der Waals surface area contributed by atoms with Gasteiger partial charge in [-0.2, -0.15) is 0 Å². The molecular formula is C7H12NO. The van der Waals surface area contributed by atoms with Crippen LogP contribution in [0.25, 0.3) is 0 Å². The molecule has 1 fully saturated rings. The Morgan fingerprint density at radius 3 is 2.33 bits per heavy atom. The fourth-order valence-corrected chi connectivity index (χ4v) is 0.714. The third kappa shape index (κ3) is 2.04. The maximum atomic E-state index is 10.9. The van der Waals surface area contributed by atoms with Crippen LogP contribution in [0.3, 0.4) is 0 Å². The molecule has 1 aliphatic rings. The van der Waals surface area contributed by atoms with Crippen molar-refractivity contribution in [3.05, 3.63) is 5.92 Å². The molecule has 2 nitrogen and oxygen atoms in total. The van der Waals surface area contributed by atoms with Crippen molar-refractivity contribution >= 4 is 5.91 Å². The lowest BCUT2D eigenvalue weighted by molar-refractivity contribution is -0.125. The Morgan fingerprint density at radius 2 is 2.00 bits per heavy atom. The Hall–Kier alpha value is -0.530. The van der Waals surface area contributed by atoms with E-state index in [4.69, 9.17) is 0 Å². The second kappa shape index (κ2) is 2.38. The highest BCUT2D eigenvalue weighted by Gasteiger charge is 2.23. The molecule has 1 radical (unpaired) electrons. The molecule has 0 aliphatic carbocycles. The Bertz CT molecular complexity index is 116. The molecule has 0 aromatic carbocycles. The van der Waals surface area contributed by atoms with Crippen LogP contribution in [0.2, 0.25) is 0 Å². The third-order valence-electron chi connectivity index (χ3n) is 1.30. The number of rotatable bonds is 2. The van der Waals surface area contributed by atoms with Gasteiger partial charge in [-0.25, -0.2) is 0 Å². The van der Waals surface area contributed by atoms with Crippen LogP contribution in [0.1, 0.15) is 20.3 Å². The van der Waals surface area contributed by atoms with Gasteiger partial charge in [-0.1, -0.05) is 13.8 Å². The molecule has 0 atom stereocenters. The highest BCUT2D eigenvalue weighted by atomic mass is 16.2. The molecule has 1 amide bonds. The molecule has 1 aliphatic heterocycles. The van der Waals surface area contributed by atoms with Crippen LogP contribution in [0, 0.1) is 5.92 Å². The molecule has 0 N–H and O–H groups in total. The molecule has 1 saturated heterocycles. The summed E-state index contributed by atoms with van der Waals surface area (Å²) in [6.45, 7) is 5.93. The first-order valence-electron chi connectivity index (χ1n) is 3.27. The zero-order valence-corrected chi connectivity index (χ0v) is 5.98. The SMILES string of the molecule is C[C](C)CC(=O)N1CC1. The molecule has 1 heterocycles. The van der Waals surface area contributed by atoms with Gasteiger partial charge < -0.3 is 4.90 Å². The van der Waals surface area contributed by atoms with Crippen molar-refractivity contribution in [3.8, 4) is 0 Å². The second-order valence-electron chi connectivity index (χ2n) is 2.76. The quantitative estimate of drug-likeness (QED) is 0.502. The Kier molecular flexibility index (Phi) is 1.74. The van der Waals surface area contributed by atoms with Crippen LogP contribution in [0.15, 0.2) is 0 Å². The molecule has 2 heteroatoms. The van der Waals surface area contributed by atoms with Gasteiger partial charge >= 0.3 is 0 Å². The summed E-state index contributed by atoms with van der Waals surface area (Å²) in [5, 5.41) is 0. The van der Waals surface area contributed by atoms with E-state index >= 15 is 0 Å². The number of hydrogen-bond acceptors (Lipinski definition) is 1. The van der Waals surface area contributed by atoms with Crippen molar-refractivity contribution in [3.63, 3.8) is 0 Å². The molecule has 1 rings (SSSR count). The van der Waals surface area contributed by atoms with Crippen LogP contribution >= 0.6 is 0 Å². The second-order valence-corrected chi connectivity index (χ2v) is 2.76. The maximum absolute atomic E-state index is 10.9. The number of nitrogens with zero attached hydrogens (tertiary/aromatic N) is 1. The average molecular weight is 126 g/mol. The van der Waals surface area contributed by atoms with E-state index in [-0.39, 0.29) is 5.91 Å². The zero-order valence-electron chi connectivity index (χ0n) is 5.98. The van der Waals surface area contributed by atoms with Crippen molar-refractivity contribution in [1.82, 2.24) is 4.90 Å². The number of amides is 1. The van der Waals surface area contributed by atoms with Gasteiger partial charge in [0.2, 0.25) is 5.91 Å². The summed E-state index contributed by atoms with van der Waals surface area (Å²) in [5.74, 6) is 1.49. The molecule has 0 bridgehead atoms. The van der Waals surface area contributed by atoms with Crippen molar-refractivity contribution in [2.45, 2.75) is 20.3 Å². The van der Waals surface area contributed by atoms with Gasteiger partial charge in [0.1, 0.15) is 0 Å². The topological polar surface area (TPSA) is 20.1 Å². The predicted molar refractivity (Wildman–Crippen MR) is 35.8 cm³/mol. The highest BCUT2D eigenvalue weighted by molar-refractivity contribution is 5.79. The van der Waals surface area contributed by atoms with Crippen molar-refractivity contribution in [1.29, 1.82) is 0 Å². The van der Waals surface area contributed by atoms with Crippen LogP contribution in [0.4, 0.5) is 0 Å². The van der Waals surface area contributed by atoms with Gasteiger partial charge in [0.15, 0.2) is 0 Å². The summed E-state index contributed by atoms with van der Waals surface area (Å²) in [7, 11) is 0. The van der Waals surface area contributed by atoms with E-state index in [0.717, 1.165) is 13.1 Å². The maximum Gasteiger partial charge on any atom is 0.223 e. The first-order chi connectivity index (χ1) is 4.20.